The number of rotatable bonds is 1. The number of aromatic carboxylic acids is 1. The molecular formula is C4H3BrN2O2. The number of H-pyrrole nitrogens is 1. The molecule has 0 aliphatic carbocycles. The molecule has 0 saturated heterocycles. The summed E-state index contributed by atoms with van der Waals surface area (Å²) in [6.07, 6.45) is 1.31. The van der Waals surface area contributed by atoms with Crippen molar-refractivity contribution in [2.45, 2.75) is 0 Å². The van der Waals surface area contributed by atoms with Crippen molar-refractivity contribution in [2.75, 3.05) is 0 Å². The number of carbonyl (C=O) groups is 1. The van der Waals surface area contributed by atoms with Gasteiger partial charge in [0.2, 0.25) is 0 Å². The fourth-order valence-electron chi connectivity index (χ4n) is 0.428. The minimum absolute atomic E-state index is 0.00926. The molecule has 0 amide bonds. The van der Waals surface area contributed by atoms with Crippen LogP contribution >= 0.6 is 15.9 Å². The van der Waals surface area contributed by atoms with E-state index in [0.29, 0.717) is 4.60 Å². The first-order valence-corrected chi connectivity index (χ1v) is 2.93. The topological polar surface area (TPSA) is 66.0 Å². The predicted octanol–water partition coefficient (Wildman–Crippen LogP) is 0.870. The summed E-state index contributed by atoms with van der Waals surface area (Å²) in [5, 5.41) is 8.34. The van der Waals surface area contributed by atoms with Crippen molar-refractivity contribution in [2.24, 2.45) is 0 Å². The molecule has 0 aromatic carbocycles. The van der Waals surface area contributed by atoms with Gasteiger partial charge in [-0.2, -0.15) is 0 Å². The van der Waals surface area contributed by atoms with Crippen molar-refractivity contribution < 1.29 is 9.90 Å². The van der Waals surface area contributed by atoms with Gasteiger partial charge in [-0.3, -0.25) is 0 Å². The van der Waals surface area contributed by atoms with Crippen LogP contribution in [-0.2, 0) is 0 Å². The van der Waals surface area contributed by atoms with Gasteiger partial charge in [-0.25, -0.2) is 9.78 Å². The zero-order valence-electron chi connectivity index (χ0n) is 4.26. The third-order valence-electron chi connectivity index (χ3n) is 0.795. The molecule has 0 bridgehead atoms. The van der Waals surface area contributed by atoms with Crippen LogP contribution in [0.3, 0.4) is 0 Å². The Balaban J connectivity index is 3.08. The molecule has 5 heteroatoms. The van der Waals surface area contributed by atoms with Crippen molar-refractivity contribution in [3.8, 4) is 0 Å². The van der Waals surface area contributed by atoms with E-state index < -0.39 is 5.97 Å². The van der Waals surface area contributed by atoms with Gasteiger partial charge in [0.05, 0.1) is 6.33 Å². The minimum Gasteiger partial charge on any atom is -0.476 e. The number of hydrogen-bond donors (Lipinski definition) is 2. The van der Waals surface area contributed by atoms with Gasteiger partial charge < -0.3 is 10.1 Å². The number of nitrogens with zero attached hydrogens (tertiary/aromatic N) is 1. The lowest BCUT2D eigenvalue weighted by atomic mass is 10.5. The molecule has 4 nitrogen and oxygen atoms in total. The lowest BCUT2D eigenvalue weighted by molar-refractivity contribution is 0.0690. The van der Waals surface area contributed by atoms with Gasteiger partial charge in [0.25, 0.3) is 0 Å². The van der Waals surface area contributed by atoms with Crippen molar-refractivity contribution >= 4 is 21.9 Å². The Morgan fingerprint density at radius 3 is 2.78 bits per heavy atom. The lowest BCUT2D eigenvalue weighted by Gasteiger charge is -1.83. The normalized spacial score (nSPS) is 9.44. The van der Waals surface area contributed by atoms with Crippen LogP contribution < -0.4 is 0 Å². The van der Waals surface area contributed by atoms with Crippen molar-refractivity contribution in [3.63, 3.8) is 0 Å². The molecule has 0 aliphatic rings. The molecule has 9 heavy (non-hydrogen) atoms. The molecule has 0 unspecified atom stereocenters. The van der Waals surface area contributed by atoms with Crippen molar-refractivity contribution in [1.29, 1.82) is 0 Å². The largest absolute Gasteiger partial charge is 0.476 e. The first-order chi connectivity index (χ1) is 4.22. The molecule has 0 spiro atoms. The summed E-state index contributed by atoms with van der Waals surface area (Å²) in [7, 11) is 0. The molecule has 1 aromatic heterocycles. The number of aromatic nitrogens is 2. The summed E-state index contributed by atoms with van der Waals surface area (Å²) in [5.74, 6) is -1.04. The van der Waals surface area contributed by atoms with E-state index in [0.717, 1.165) is 0 Å². The van der Waals surface area contributed by atoms with E-state index in [1.54, 1.807) is 0 Å². The molecule has 0 saturated carbocycles. The van der Waals surface area contributed by atoms with Crippen LogP contribution in [0.5, 0.6) is 0 Å². The number of aromatic amines is 1. The fraction of sp³-hybridized carbons (Fsp3) is 0. The highest BCUT2D eigenvalue weighted by Crippen LogP contribution is 2.09. The van der Waals surface area contributed by atoms with Gasteiger partial charge in [-0.05, 0) is 15.9 Å². The van der Waals surface area contributed by atoms with Crippen LogP contribution in [0, 0.1) is 0 Å². The first-order valence-electron chi connectivity index (χ1n) is 2.14. The first kappa shape index (κ1) is 6.28. The Morgan fingerprint density at radius 1 is 1.89 bits per heavy atom. The average Bonchev–Trinajstić information content (AvgIpc) is 2.13. The zero-order valence-corrected chi connectivity index (χ0v) is 5.84. The number of imidazole rings is 1. The van der Waals surface area contributed by atoms with E-state index in [-0.39, 0.29) is 5.69 Å². The van der Waals surface area contributed by atoms with Crippen molar-refractivity contribution in [3.05, 3.63) is 16.6 Å². The maximum absolute atomic E-state index is 10.2. The third kappa shape index (κ3) is 1.10. The van der Waals surface area contributed by atoms with Gasteiger partial charge in [-0.1, -0.05) is 0 Å². The van der Waals surface area contributed by atoms with E-state index >= 15 is 0 Å². The Labute approximate surface area is 59.0 Å². The van der Waals surface area contributed by atoms with Crippen LogP contribution in [-0.4, -0.2) is 21.0 Å². The number of halogens is 1. The molecule has 1 aromatic rings. The number of carboxylic acid groups (broad SMARTS) is 1. The van der Waals surface area contributed by atoms with E-state index in [9.17, 15) is 4.79 Å². The summed E-state index contributed by atoms with van der Waals surface area (Å²) in [5.41, 5.74) is 0.00926. The summed E-state index contributed by atoms with van der Waals surface area (Å²) in [6.45, 7) is 0. The Morgan fingerprint density at radius 2 is 2.56 bits per heavy atom. The smallest absolute Gasteiger partial charge is 0.357 e. The molecule has 0 aliphatic heterocycles. The van der Waals surface area contributed by atoms with E-state index in [1.807, 2.05) is 0 Å². The highest BCUT2D eigenvalue weighted by Gasteiger charge is 2.08. The van der Waals surface area contributed by atoms with Gasteiger partial charge in [0.1, 0.15) is 4.60 Å². The summed E-state index contributed by atoms with van der Waals surface area (Å²) >= 11 is 2.97. The Bertz CT molecular complexity index is 232. The molecule has 0 atom stereocenters. The second-order valence-corrected chi connectivity index (χ2v) is 2.16. The highest BCUT2D eigenvalue weighted by atomic mass is 79.9. The van der Waals surface area contributed by atoms with Crippen LogP contribution in [0.2, 0.25) is 0 Å². The summed E-state index contributed by atoms with van der Waals surface area (Å²) < 4.78 is 0.398. The second kappa shape index (κ2) is 2.18. The van der Waals surface area contributed by atoms with E-state index in [4.69, 9.17) is 5.11 Å². The van der Waals surface area contributed by atoms with Gasteiger partial charge >= 0.3 is 5.97 Å². The Hall–Kier alpha value is -0.840. The summed E-state index contributed by atoms with van der Waals surface area (Å²) in [6, 6.07) is 0. The minimum atomic E-state index is -1.04. The van der Waals surface area contributed by atoms with Crippen LogP contribution in [0.15, 0.2) is 10.9 Å². The molecule has 1 heterocycles. The predicted molar refractivity (Wildman–Crippen MR) is 33.2 cm³/mol. The molecular weight excluding hydrogens is 188 g/mol. The lowest BCUT2D eigenvalue weighted by Crippen LogP contribution is -1.96. The molecule has 48 valence electrons. The average molecular weight is 191 g/mol. The van der Waals surface area contributed by atoms with Crippen molar-refractivity contribution in [1.82, 2.24) is 9.97 Å². The van der Waals surface area contributed by atoms with Crippen LogP contribution in [0.1, 0.15) is 10.5 Å². The number of hydrogen-bond acceptors (Lipinski definition) is 2. The summed E-state index contributed by atoms with van der Waals surface area (Å²) in [4.78, 5) is 16.3. The third-order valence-corrected chi connectivity index (χ3v) is 1.40. The highest BCUT2D eigenvalue weighted by molar-refractivity contribution is 9.10. The molecule has 0 fully saturated rings. The standard InChI is InChI=1S/C4H3BrN2O2/c5-3-2(4(8)9)6-1-7-3/h1H,(H,6,7)(H,8,9). The van der Waals surface area contributed by atoms with E-state index in [1.165, 1.54) is 6.33 Å². The monoisotopic (exact) mass is 190 g/mol. The fourth-order valence-corrected chi connectivity index (χ4v) is 0.802. The second-order valence-electron chi connectivity index (χ2n) is 1.37. The van der Waals surface area contributed by atoms with Gasteiger partial charge in [-0.15, -0.1) is 0 Å². The van der Waals surface area contributed by atoms with Gasteiger partial charge in [0.15, 0.2) is 5.69 Å². The SMILES string of the molecule is O=C(O)c1nc[nH]c1Br. The van der Waals surface area contributed by atoms with Crippen LogP contribution in [0.4, 0.5) is 0 Å². The van der Waals surface area contributed by atoms with Gasteiger partial charge in [0, 0.05) is 0 Å². The number of nitrogens with one attached hydrogen (secondary N) is 1. The number of carboxylic acids is 1. The van der Waals surface area contributed by atoms with E-state index in [2.05, 4.69) is 25.9 Å². The molecule has 1 rings (SSSR count). The quantitative estimate of drug-likeness (QED) is 0.691. The maximum atomic E-state index is 10.2. The molecule has 0 radical (unpaired) electrons. The van der Waals surface area contributed by atoms with Crippen LogP contribution in [0.25, 0.3) is 0 Å². The maximum Gasteiger partial charge on any atom is 0.357 e. The Kier molecular flexibility index (Phi) is 1.52. The molecule has 2 N–H and O–H groups in total. The zero-order chi connectivity index (χ0) is 6.85.